The Morgan fingerprint density at radius 3 is 2.17 bits per heavy atom. The van der Waals surface area contributed by atoms with Gasteiger partial charge in [0.2, 0.25) is 0 Å². The van der Waals surface area contributed by atoms with Gasteiger partial charge in [-0.1, -0.05) is 66.2 Å². The first-order valence-electron chi connectivity index (χ1n) is 11.2. The molecule has 36 heavy (non-hydrogen) atoms. The van der Waals surface area contributed by atoms with Gasteiger partial charge in [-0.05, 0) is 59.7 Å². The molecule has 180 valence electrons. The Morgan fingerprint density at radius 1 is 0.833 bits per heavy atom. The fourth-order valence-electron chi connectivity index (χ4n) is 3.51. The fraction of sp³-hybridized carbons (Fsp3) is 0.0345. The van der Waals surface area contributed by atoms with E-state index in [-0.39, 0.29) is 18.4 Å². The van der Waals surface area contributed by atoms with Crippen molar-refractivity contribution in [3.8, 4) is 0 Å². The smallest absolute Gasteiger partial charge is 0.255 e. The highest BCUT2D eigenvalue weighted by atomic mass is 35.5. The second-order valence-corrected chi connectivity index (χ2v) is 8.44. The predicted molar refractivity (Wildman–Crippen MR) is 143 cm³/mol. The number of anilines is 2. The molecule has 4 aromatic carbocycles. The van der Waals surface area contributed by atoms with Crippen LogP contribution in [0.3, 0.4) is 0 Å². The number of nitrogen functional groups attached to an aromatic ring is 1. The normalized spacial score (nSPS) is 11.1. The van der Waals surface area contributed by atoms with Crippen molar-refractivity contribution in [1.29, 1.82) is 0 Å². The average molecular weight is 500 g/mol. The van der Waals surface area contributed by atoms with Gasteiger partial charge >= 0.3 is 0 Å². The minimum Gasteiger partial charge on any atom is -0.397 e. The zero-order valence-electron chi connectivity index (χ0n) is 19.2. The third-order valence-corrected chi connectivity index (χ3v) is 5.74. The van der Waals surface area contributed by atoms with E-state index in [1.807, 2.05) is 0 Å². The summed E-state index contributed by atoms with van der Waals surface area (Å²) in [4.78, 5) is 25.6. The summed E-state index contributed by atoms with van der Waals surface area (Å²) in [6, 6.07) is 26.9. The third kappa shape index (κ3) is 6.17. The summed E-state index contributed by atoms with van der Waals surface area (Å²) in [5, 5.41) is 6.18. The van der Waals surface area contributed by atoms with E-state index in [1.165, 1.54) is 12.1 Å². The quantitative estimate of drug-likeness (QED) is 0.161. The standard InChI is InChI=1S/C29H23ClFN3O2/c30-23-15-13-20(14-16-23)24(17-22-5-1-2-6-25(22)31)29(36)33-18-19-9-11-21(12-10-19)28(35)34-27-8-4-3-7-26(27)32/h1-17H,18,32H2,(H,33,36)(H,34,35). The number of para-hydroxylation sites is 2. The first-order valence-corrected chi connectivity index (χ1v) is 11.5. The number of halogens is 2. The average Bonchev–Trinajstić information content (AvgIpc) is 2.89. The van der Waals surface area contributed by atoms with Gasteiger partial charge in [0.15, 0.2) is 0 Å². The zero-order chi connectivity index (χ0) is 25.5. The van der Waals surface area contributed by atoms with Crippen molar-refractivity contribution < 1.29 is 14.0 Å². The van der Waals surface area contributed by atoms with Crippen LogP contribution in [0, 0.1) is 5.82 Å². The molecule has 0 aromatic heterocycles. The maximum atomic E-state index is 14.3. The molecule has 4 rings (SSSR count). The molecule has 0 bridgehead atoms. The molecule has 0 spiro atoms. The van der Waals surface area contributed by atoms with Gasteiger partial charge in [0, 0.05) is 28.3 Å². The van der Waals surface area contributed by atoms with Gasteiger partial charge in [-0.15, -0.1) is 0 Å². The number of rotatable bonds is 7. The van der Waals surface area contributed by atoms with Gasteiger partial charge in [-0.25, -0.2) is 4.39 Å². The number of nitrogens with one attached hydrogen (secondary N) is 2. The number of carbonyl (C=O) groups excluding carboxylic acids is 2. The SMILES string of the molecule is Nc1ccccc1NC(=O)c1ccc(CNC(=O)C(=Cc2ccccc2F)c2ccc(Cl)cc2)cc1. The highest BCUT2D eigenvalue weighted by Gasteiger charge is 2.14. The van der Waals surface area contributed by atoms with Crippen LogP contribution in [0.25, 0.3) is 11.6 Å². The number of nitrogens with two attached hydrogens (primary N) is 1. The van der Waals surface area contributed by atoms with Gasteiger partial charge in [0.05, 0.1) is 11.4 Å². The van der Waals surface area contributed by atoms with E-state index in [9.17, 15) is 14.0 Å². The Labute approximate surface area is 213 Å². The second kappa shape index (κ2) is 11.3. The Bertz CT molecular complexity index is 1420. The van der Waals surface area contributed by atoms with Crippen LogP contribution in [0.15, 0.2) is 97.1 Å². The molecule has 5 nitrogen and oxygen atoms in total. The maximum absolute atomic E-state index is 14.3. The molecule has 0 aliphatic carbocycles. The van der Waals surface area contributed by atoms with E-state index >= 15 is 0 Å². The molecule has 4 aromatic rings. The van der Waals surface area contributed by atoms with Crippen LogP contribution in [0.5, 0.6) is 0 Å². The van der Waals surface area contributed by atoms with Gasteiger partial charge in [0.1, 0.15) is 5.82 Å². The van der Waals surface area contributed by atoms with E-state index < -0.39 is 5.82 Å². The van der Waals surface area contributed by atoms with Gasteiger partial charge in [0.25, 0.3) is 11.8 Å². The minimum absolute atomic E-state index is 0.217. The molecule has 0 radical (unpaired) electrons. The van der Waals surface area contributed by atoms with Crippen LogP contribution in [0.4, 0.5) is 15.8 Å². The Kier molecular flexibility index (Phi) is 7.78. The molecule has 2 amide bonds. The molecule has 0 saturated carbocycles. The summed E-state index contributed by atoms with van der Waals surface area (Å²) in [6.45, 7) is 0.217. The van der Waals surface area contributed by atoms with Gasteiger partial charge in [-0.3, -0.25) is 9.59 Å². The molecule has 0 fully saturated rings. The molecule has 0 heterocycles. The highest BCUT2D eigenvalue weighted by molar-refractivity contribution is 6.31. The molecule has 0 aliphatic heterocycles. The second-order valence-electron chi connectivity index (χ2n) is 8.01. The van der Waals surface area contributed by atoms with Gasteiger partial charge in [-0.2, -0.15) is 0 Å². The molecule has 0 saturated heterocycles. The first-order chi connectivity index (χ1) is 17.4. The largest absolute Gasteiger partial charge is 0.397 e. The van der Waals surface area contributed by atoms with E-state index in [0.717, 1.165) is 5.56 Å². The van der Waals surface area contributed by atoms with Crippen LogP contribution in [0.1, 0.15) is 27.0 Å². The molecule has 0 atom stereocenters. The summed E-state index contributed by atoms with van der Waals surface area (Å²) in [5.74, 6) is -1.09. The van der Waals surface area contributed by atoms with Crippen molar-refractivity contribution in [2.24, 2.45) is 0 Å². The van der Waals surface area contributed by atoms with E-state index in [0.29, 0.717) is 38.7 Å². The number of benzene rings is 4. The van der Waals surface area contributed by atoms with Crippen molar-refractivity contribution in [2.45, 2.75) is 6.54 Å². The lowest BCUT2D eigenvalue weighted by Crippen LogP contribution is -2.24. The Hall–Kier alpha value is -4.42. The molecule has 0 unspecified atom stereocenters. The van der Waals surface area contributed by atoms with Crippen molar-refractivity contribution in [1.82, 2.24) is 5.32 Å². The topological polar surface area (TPSA) is 84.2 Å². The number of carbonyl (C=O) groups is 2. The summed E-state index contributed by atoms with van der Waals surface area (Å²) < 4.78 is 14.3. The fourth-order valence-corrected chi connectivity index (χ4v) is 3.64. The molecule has 4 N–H and O–H groups in total. The number of amides is 2. The predicted octanol–water partition coefficient (Wildman–Crippen LogP) is 6.17. The summed E-state index contributed by atoms with van der Waals surface area (Å²) in [5.41, 5.74) is 9.34. The van der Waals surface area contributed by atoms with Crippen molar-refractivity contribution in [3.05, 3.63) is 130 Å². The molecular weight excluding hydrogens is 477 g/mol. The highest BCUT2D eigenvalue weighted by Crippen LogP contribution is 2.23. The number of hydrogen-bond acceptors (Lipinski definition) is 3. The van der Waals surface area contributed by atoms with Gasteiger partial charge < -0.3 is 16.4 Å². The van der Waals surface area contributed by atoms with E-state index in [4.69, 9.17) is 17.3 Å². The molecule has 7 heteroatoms. The van der Waals surface area contributed by atoms with Crippen LogP contribution < -0.4 is 16.4 Å². The lowest BCUT2D eigenvalue weighted by atomic mass is 10.0. The Balaban J connectivity index is 1.47. The summed E-state index contributed by atoms with van der Waals surface area (Å²) >= 11 is 6.00. The third-order valence-electron chi connectivity index (χ3n) is 5.48. The van der Waals surface area contributed by atoms with Crippen LogP contribution in [0.2, 0.25) is 5.02 Å². The first kappa shape index (κ1) is 24.7. The zero-order valence-corrected chi connectivity index (χ0v) is 19.9. The monoisotopic (exact) mass is 499 g/mol. The summed E-state index contributed by atoms with van der Waals surface area (Å²) in [6.07, 6.45) is 1.51. The minimum atomic E-state index is -0.428. The summed E-state index contributed by atoms with van der Waals surface area (Å²) in [7, 11) is 0. The lowest BCUT2D eigenvalue weighted by molar-refractivity contribution is -0.115. The van der Waals surface area contributed by atoms with Crippen molar-refractivity contribution >= 4 is 46.4 Å². The van der Waals surface area contributed by atoms with Crippen molar-refractivity contribution in [3.63, 3.8) is 0 Å². The molecule has 0 aliphatic rings. The van der Waals surface area contributed by atoms with E-state index in [2.05, 4.69) is 10.6 Å². The number of hydrogen-bond donors (Lipinski definition) is 3. The lowest BCUT2D eigenvalue weighted by Gasteiger charge is -2.11. The van der Waals surface area contributed by atoms with Crippen molar-refractivity contribution in [2.75, 3.05) is 11.1 Å². The van der Waals surface area contributed by atoms with E-state index in [1.54, 1.807) is 91.0 Å². The van der Waals surface area contributed by atoms with Crippen LogP contribution in [-0.4, -0.2) is 11.8 Å². The van der Waals surface area contributed by atoms with Crippen LogP contribution >= 0.6 is 11.6 Å². The maximum Gasteiger partial charge on any atom is 0.255 e. The van der Waals surface area contributed by atoms with Crippen LogP contribution in [-0.2, 0) is 11.3 Å². The Morgan fingerprint density at radius 2 is 1.47 bits per heavy atom. The molecular formula is C29H23ClFN3O2.